The smallest absolute Gasteiger partial charge is 0.0464 e. The van der Waals surface area contributed by atoms with Crippen molar-refractivity contribution in [1.29, 1.82) is 0 Å². The first kappa shape index (κ1) is 36.0. The van der Waals surface area contributed by atoms with Crippen molar-refractivity contribution in [1.82, 2.24) is 0 Å². The fraction of sp³-hybridized carbons (Fsp3) is 0.464. The fourth-order valence-corrected chi connectivity index (χ4v) is 14.1. The zero-order valence-corrected chi connectivity index (χ0v) is 35.9. The molecule has 0 N–H and O–H groups in total. The van der Waals surface area contributed by atoms with Gasteiger partial charge in [-0.1, -0.05) is 122 Å². The topological polar surface area (TPSA) is 3.24 Å². The summed E-state index contributed by atoms with van der Waals surface area (Å²) in [5.74, 6) is 3.46. The van der Waals surface area contributed by atoms with Gasteiger partial charge in [0.05, 0.1) is 0 Å². The van der Waals surface area contributed by atoms with Crippen LogP contribution in [0.1, 0.15) is 147 Å². The average molecular weight is 750 g/mol. The number of anilines is 3. The Bertz CT molecular complexity index is 2330. The summed E-state index contributed by atoms with van der Waals surface area (Å²) in [5, 5.41) is 0. The molecule has 1 spiro atoms. The Balaban J connectivity index is 1.05. The van der Waals surface area contributed by atoms with Gasteiger partial charge in [-0.2, -0.15) is 0 Å². The van der Waals surface area contributed by atoms with Crippen molar-refractivity contribution < 1.29 is 0 Å². The molecule has 0 aromatic heterocycles. The van der Waals surface area contributed by atoms with Crippen LogP contribution in [-0.2, 0) is 27.1 Å². The van der Waals surface area contributed by atoms with Gasteiger partial charge < -0.3 is 4.90 Å². The van der Waals surface area contributed by atoms with Gasteiger partial charge in [0.15, 0.2) is 0 Å². The molecule has 0 unspecified atom stereocenters. The molecule has 0 saturated heterocycles. The van der Waals surface area contributed by atoms with Gasteiger partial charge in [-0.25, -0.2) is 0 Å². The highest BCUT2D eigenvalue weighted by Gasteiger charge is 2.61. The number of hydrogen-bond donors (Lipinski definition) is 0. The molecule has 0 heterocycles. The summed E-state index contributed by atoms with van der Waals surface area (Å²) in [6.07, 6.45) is 12.0. The number of fused-ring (bicyclic) bond motifs is 5. The maximum atomic E-state index is 2.56. The van der Waals surface area contributed by atoms with Crippen molar-refractivity contribution >= 4 is 17.1 Å². The predicted molar refractivity (Wildman–Crippen MR) is 240 cm³/mol. The molecule has 0 radical (unpaired) electrons. The van der Waals surface area contributed by atoms with Crippen LogP contribution in [0, 0.1) is 23.7 Å². The minimum atomic E-state index is 0.136. The quantitative estimate of drug-likeness (QED) is 0.177. The third-order valence-electron chi connectivity index (χ3n) is 17.2. The van der Waals surface area contributed by atoms with Gasteiger partial charge in [0.25, 0.3) is 0 Å². The van der Waals surface area contributed by atoms with Gasteiger partial charge in [0.1, 0.15) is 0 Å². The Labute approximate surface area is 343 Å². The molecule has 7 aliphatic rings. The van der Waals surface area contributed by atoms with Gasteiger partial charge in [0.2, 0.25) is 0 Å². The summed E-state index contributed by atoms with van der Waals surface area (Å²) >= 11 is 0. The highest BCUT2D eigenvalue weighted by Crippen LogP contribution is 2.70. The number of hydrogen-bond acceptors (Lipinski definition) is 1. The molecular formula is C56H63N. The van der Waals surface area contributed by atoms with Gasteiger partial charge in [-0.3, -0.25) is 0 Å². The van der Waals surface area contributed by atoms with Gasteiger partial charge >= 0.3 is 0 Å². The minimum Gasteiger partial charge on any atom is -0.310 e. The Morgan fingerprint density at radius 1 is 0.404 bits per heavy atom. The third kappa shape index (κ3) is 5.12. The third-order valence-corrected chi connectivity index (χ3v) is 17.2. The molecule has 0 aliphatic heterocycles. The van der Waals surface area contributed by atoms with E-state index in [1.165, 1.54) is 119 Å². The summed E-state index contributed by atoms with van der Waals surface area (Å²) < 4.78 is 0. The molecule has 12 rings (SSSR count). The van der Waals surface area contributed by atoms with E-state index in [0.717, 1.165) is 23.7 Å². The monoisotopic (exact) mass is 749 g/mol. The second-order valence-electron chi connectivity index (χ2n) is 22.3. The molecular weight excluding hydrogens is 687 g/mol. The number of benzene rings is 5. The molecule has 4 saturated carbocycles. The lowest BCUT2D eigenvalue weighted by Gasteiger charge is -2.61. The highest BCUT2D eigenvalue weighted by molar-refractivity contribution is 5.93. The fourth-order valence-electron chi connectivity index (χ4n) is 14.1. The molecule has 0 amide bonds. The first-order chi connectivity index (χ1) is 27.2. The SMILES string of the molecule is CC1(C)CCC(C)(C)c2cc(N(c3ccc(-c4cccc5c4-c4ccccc4C54C5CC6CC(C5)CC4C6)cc3)c3ccc4c(c3)C(C)(C)CCC4(C)C)ccc21. The maximum absolute atomic E-state index is 2.56. The van der Waals surface area contributed by atoms with E-state index >= 15 is 0 Å². The van der Waals surface area contributed by atoms with Crippen LogP contribution >= 0.6 is 0 Å². The van der Waals surface area contributed by atoms with E-state index in [4.69, 9.17) is 0 Å². The van der Waals surface area contributed by atoms with E-state index in [0.29, 0.717) is 0 Å². The van der Waals surface area contributed by atoms with Crippen molar-refractivity contribution in [2.45, 2.75) is 140 Å². The maximum Gasteiger partial charge on any atom is 0.0464 e. The van der Waals surface area contributed by atoms with Crippen LogP contribution in [-0.4, -0.2) is 0 Å². The highest BCUT2D eigenvalue weighted by atomic mass is 15.1. The Hall–Kier alpha value is -4.10. The van der Waals surface area contributed by atoms with Crippen molar-refractivity contribution in [3.05, 3.63) is 137 Å². The molecule has 4 bridgehead atoms. The molecule has 1 nitrogen and oxygen atoms in total. The Morgan fingerprint density at radius 2 is 0.860 bits per heavy atom. The first-order valence-corrected chi connectivity index (χ1v) is 22.6. The zero-order chi connectivity index (χ0) is 39.3. The van der Waals surface area contributed by atoms with Crippen LogP contribution in [0.4, 0.5) is 17.1 Å². The molecule has 0 atom stereocenters. The summed E-state index contributed by atoms with van der Waals surface area (Å²) in [4.78, 5) is 2.56. The average Bonchev–Trinajstić information content (AvgIpc) is 3.49. The van der Waals surface area contributed by atoms with Crippen molar-refractivity contribution in [3.63, 3.8) is 0 Å². The van der Waals surface area contributed by atoms with Crippen LogP contribution in [0.2, 0.25) is 0 Å². The van der Waals surface area contributed by atoms with E-state index < -0.39 is 0 Å². The minimum absolute atomic E-state index is 0.136. The van der Waals surface area contributed by atoms with Gasteiger partial charge in [-0.15, -0.1) is 0 Å². The summed E-state index contributed by atoms with van der Waals surface area (Å²) in [6, 6.07) is 41.4. The van der Waals surface area contributed by atoms with Crippen molar-refractivity contribution in [3.8, 4) is 22.3 Å². The Kier molecular flexibility index (Phi) is 7.58. The van der Waals surface area contributed by atoms with Crippen molar-refractivity contribution in [2.75, 3.05) is 4.90 Å². The van der Waals surface area contributed by atoms with E-state index in [9.17, 15) is 0 Å². The summed E-state index contributed by atoms with van der Waals surface area (Å²) in [6.45, 7) is 19.6. The molecule has 57 heavy (non-hydrogen) atoms. The van der Waals surface area contributed by atoms with E-state index in [1.807, 2.05) is 0 Å². The molecule has 5 aromatic carbocycles. The summed E-state index contributed by atoms with van der Waals surface area (Å²) in [5.41, 5.74) is 19.7. The lowest BCUT2D eigenvalue weighted by molar-refractivity contribution is -0.0399. The van der Waals surface area contributed by atoms with E-state index in [-0.39, 0.29) is 27.1 Å². The Morgan fingerprint density at radius 3 is 1.40 bits per heavy atom. The van der Waals surface area contributed by atoms with Crippen LogP contribution in [0.5, 0.6) is 0 Å². The molecule has 7 aliphatic carbocycles. The van der Waals surface area contributed by atoms with Crippen LogP contribution in [0.25, 0.3) is 22.3 Å². The first-order valence-electron chi connectivity index (χ1n) is 22.6. The van der Waals surface area contributed by atoms with Gasteiger partial charge in [0, 0.05) is 22.5 Å². The molecule has 4 fully saturated rings. The van der Waals surface area contributed by atoms with E-state index in [1.54, 1.807) is 11.1 Å². The lowest BCUT2D eigenvalue weighted by Crippen LogP contribution is -2.55. The second kappa shape index (κ2) is 12.0. The lowest BCUT2D eigenvalue weighted by atomic mass is 9.43. The van der Waals surface area contributed by atoms with Gasteiger partial charge in [-0.05, 0) is 195 Å². The standard InChI is InChI=1S/C56H63N/c1-52(2)24-26-54(5,6)49-33-41(20-22-46(49)52)57(42-21-23-47-50(34-42)55(7,8)27-25-53(47,3)4)40-18-16-37(17-19-40)43-13-11-15-48-51(43)44-12-9-10-14-45(44)56(48)38-29-35-28-36(31-38)32-39(56)30-35/h9-23,33-36,38-39H,24-32H2,1-8H3. The number of rotatable bonds is 4. The summed E-state index contributed by atoms with van der Waals surface area (Å²) in [7, 11) is 0. The largest absolute Gasteiger partial charge is 0.310 e. The predicted octanol–water partition coefficient (Wildman–Crippen LogP) is 15.2. The zero-order valence-electron chi connectivity index (χ0n) is 35.9. The molecule has 1 heteroatoms. The molecule has 292 valence electrons. The van der Waals surface area contributed by atoms with Crippen LogP contribution in [0.3, 0.4) is 0 Å². The van der Waals surface area contributed by atoms with E-state index in [2.05, 4.69) is 163 Å². The van der Waals surface area contributed by atoms with Crippen LogP contribution in [0.15, 0.2) is 103 Å². The molecule has 5 aromatic rings. The van der Waals surface area contributed by atoms with Crippen LogP contribution < -0.4 is 4.90 Å². The number of nitrogens with zero attached hydrogens (tertiary/aromatic N) is 1. The normalized spacial score (nSPS) is 28.7. The second-order valence-corrected chi connectivity index (χ2v) is 22.3. The van der Waals surface area contributed by atoms with Crippen molar-refractivity contribution in [2.24, 2.45) is 23.7 Å².